The van der Waals surface area contributed by atoms with E-state index in [1.807, 2.05) is 31.2 Å². The van der Waals surface area contributed by atoms with Gasteiger partial charge in [-0.25, -0.2) is 4.79 Å². The number of benzene rings is 1. The van der Waals surface area contributed by atoms with Crippen molar-refractivity contribution in [1.29, 1.82) is 0 Å². The second-order valence-electron chi connectivity index (χ2n) is 7.47. The Hall–Kier alpha value is -1.51. The van der Waals surface area contributed by atoms with Gasteiger partial charge in [-0.15, -0.1) is 0 Å². The molecular weight excluding hydrogens is 262 g/mol. The molecule has 1 aliphatic carbocycles. The predicted octanol–water partition coefficient (Wildman–Crippen LogP) is 4.47. The quantitative estimate of drug-likeness (QED) is 0.863. The molecule has 2 N–H and O–H groups in total. The molecule has 3 nitrogen and oxygen atoms in total. The number of anilines is 1. The van der Waals surface area contributed by atoms with Gasteiger partial charge in [0, 0.05) is 5.69 Å². The molecule has 0 spiro atoms. The molecule has 1 saturated carbocycles. The highest BCUT2D eigenvalue weighted by atomic mass is 16.4. The maximum atomic E-state index is 11.9. The molecule has 0 unspecified atom stereocenters. The number of hydrogen-bond acceptors (Lipinski definition) is 2. The lowest BCUT2D eigenvalue weighted by Crippen LogP contribution is -2.50. The Morgan fingerprint density at radius 3 is 2.29 bits per heavy atom. The molecule has 1 fully saturated rings. The molecule has 0 heterocycles. The van der Waals surface area contributed by atoms with Crippen molar-refractivity contribution >= 4 is 11.7 Å². The van der Waals surface area contributed by atoms with Crippen LogP contribution >= 0.6 is 0 Å². The Morgan fingerprint density at radius 2 is 1.81 bits per heavy atom. The minimum atomic E-state index is -0.812. The molecular formula is C18H27NO2. The van der Waals surface area contributed by atoms with Gasteiger partial charge in [-0.05, 0) is 55.6 Å². The summed E-state index contributed by atoms with van der Waals surface area (Å²) >= 11 is 0. The first kappa shape index (κ1) is 15.9. The van der Waals surface area contributed by atoms with Crippen LogP contribution < -0.4 is 5.32 Å². The first-order valence-corrected chi connectivity index (χ1v) is 7.82. The van der Waals surface area contributed by atoms with Crippen molar-refractivity contribution in [2.24, 2.45) is 11.3 Å². The van der Waals surface area contributed by atoms with Crippen molar-refractivity contribution in [1.82, 2.24) is 0 Å². The van der Waals surface area contributed by atoms with Crippen LogP contribution in [0.2, 0.25) is 0 Å². The number of hydrogen-bond donors (Lipinski definition) is 2. The van der Waals surface area contributed by atoms with Gasteiger partial charge in [-0.1, -0.05) is 39.0 Å². The third kappa shape index (κ3) is 3.39. The molecule has 1 aromatic rings. The zero-order chi connectivity index (χ0) is 15.7. The lowest BCUT2D eigenvalue weighted by Gasteiger charge is -2.42. The second kappa shape index (κ2) is 5.70. The van der Waals surface area contributed by atoms with Crippen LogP contribution in [0, 0.1) is 18.3 Å². The first-order valence-electron chi connectivity index (χ1n) is 7.82. The van der Waals surface area contributed by atoms with E-state index in [-0.39, 0.29) is 5.41 Å². The van der Waals surface area contributed by atoms with Crippen LogP contribution in [0.25, 0.3) is 0 Å². The van der Waals surface area contributed by atoms with Gasteiger partial charge in [0.15, 0.2) is 0 Å². The summed E-state index contributed by atoms with van der Waals surface area (Å²) in [6, 6.07) is 7.91. The summed E-state index contributed by atoms with van der Waals surface area (Å²) in [4.78, 5) is 11.9. The van der Waals surface area contributed by atoms with Gasteiger partial charge in [0.1, 0.15) is 5.54 Å². The van der Waals surface area contributed by atoms with Crippen molar-refractivity contribution in [3.63, 3.8) is 0 Å². The van der Waals surface area contributed by atoms with Gasteiger partial charge in [0.25, 0.3) is 0 Å². The molecule has 0 amide bonds. The molecule has 1 aliphatic rings. The Labute approximate surface area is 127 Å². The monoisotopic (exact) mass is 289 g/mol. The lowest BCUT2D eigenvalue weighted by atomic mass is 9.67. The number of nitrogens with one attached hydrogen (secondary N) is 1. The van der Waals surface area contributed by atoms with Crippen molar-refractivity contribution in [2.75, 3.05) is 5.32 Å². The first-order chi connectivity index (χ1) is 9.74. The smallest absolute Gasteiger partial charge is 0.329 e. The molecule has 0 radical (unpaired) electrons. The minimum absolute atomic E-state index is 0.257. The molecule has 0 saturated heterocycles. The number of aliphatic carboxylic acids is 1. The topological polar surface area (TPSA) is 49.3 Å². The maximum absolute atomic E-state index is 11.9. The summed E-state index contributed by atoms with van der Waals surface area (Å²) in [5, 5.41) is 13.1. The Kier molecular flexibility index (Phi) is 4.31. The van der Waals surface area contributed by atoms with E-state index in [2.05, 4.69) is 26.1 Å². The molecule has 1 aromatic carbocycles. The van der Waals surface area contributed by atoms with Crippen LogP contribution in [0.1, 0.15) is 52.0 Å². The fraction of sp³-hybridized carbons (Fsp3) is 0.611. The molecule has 0 aliphatic heterocycles. The summed E-state index contributed by atoms with van der Waals surface area (Å²) in [5.41, 5.74) is 1.48. The van der Waals surface area contributed by atoms with Crippen molar-refractivity contribution in [3.8, 4) is 0 Å². The van der Waals surface area contributed by atoms with Crippen molar-refractivity contribution in [3.05, 3.63) is 29.8 Å². The Balaban J connectivity index is 2.17. The summed E-state index contributed by atoms with van der Waals surface area (Å²) in [6.45, 7) is 8.76. The number of carboxylic acid groups (broad SMARTS) is 1. The van der Waals surface area contributed by atoms with Crippen LogP contribution in [0.3, 0.4) is 0 Å². The Morgan fingerprint density at radius 1 is 1.24 bits per heavy atom. The van der Waals surface area contributed by atoms with E-state index < -0.39 is 11.5 Å². The van der Waals surface area contributed by atoms with E-state index in [0.29, 0.717) is 18.8 Å². The molecule has 3 heteroatoms. The summed E-state index contributed by atoms with van der Waals surface area (Å²) < 4.78 is 0. The highest BCUT2D eigenvalue weighted by Crippen LogP contribution is 2.43. The van der Waals surface area contributed by atoms with Gasteiger partial charge in [0.2, 0.25) is 0 Å². The molecule has 0 atom stereocenters. The Bertz CT molecular complexity index is 508. The van der Waals surface area contributed by atoms with Gasteiger partial charge < -0.3 is 10.4 Å². The average molecular weight is 289 g/mol. The number of aryl methyl sites for hydroxylation is 1. The number of para-hydroxylation sites is 1. The highest BCUT2D eigenvalue weighted by Gasteiger charge is 2.44. The summed E-state index contributed by atoms with van der Waals surface area (Å²) in [5.74, 6) is -0.123. The standard InChI is InChI=1S/C18H27NO2/c1-13-7-5-6-8-15(13)19-18(16(20)21)11-9-14(10-12-18)17(2,3)4/h5-8,14,19H,9-12H2,1-4H3,(H,20,21). The zero-order valence-corrected chi connectivity index (χ0v) is 13.6. The highest BCUT2D eigenvalue weighted by molar-refractivity contribution is 5.83. The molecule has 0 aromatic heterocycles. The van der Waals surface area contributed by atoms with E-state index in [4.69, 9.17) is 0 Å². The van der Waals surface area contributed by atoms with Crippen LogP contribution in [-0.4, -0.2) is 16.6 Å². The van der Waals surface area contributed by atoms with Crippen LogP contribution in [0.4, 0.5) is 5.69 Å². The number of carboxylic acids is 1. The van der Waals surface area contributed by atoms with E-state index >= 15 is 0 Å². The maximum Gasteiger partial charge on any atom is 0.329 e. The largest absolute Gasteiger partial charge is 0.480 e. The average Bonchev–Trinajstić information content (AvgIpc) is 2.41. The van der Waals surface area contributed by atoms with Gasteiger partial charge in [-0.3, -0.25) is 0 Å². The minimum Gasteiger partial charge on any atom is -0.480 e. The number of carbonyl (C=O) groups is 1. The fourth-order valence-electron chi connectivity index (χ4n) is 3.34. The summed E-state index contributed by atoms with van der Waals surface area (Å²) in [7, 11) is 0. The zero-order valence-electron chi connectivity index (χ0n) is 13.6. The van der Waals surface area contributed by atoms with E-state index in [0.717, 1.165) is 24.1 Å². The van der Waals surface area contributed by atoms with Gasteiger partial charge in [-0.2, -0.15) is 0 Å². The molecule has 21 heavy (non-hydrogen) atoms. The lowest BCUT2D eigenvalue weighted by molar-refractivity contribution is -0.144. The van der Waals surface area contributed by atoms with Crippen molar-refractivity contribution in [2.45, 2.75) is 58.9 Å². The summed E-state index contributed by atoms with van der Waals surface area (Å²) in [6.07, 6.45) is 3.32. The van der Waals surface area contributed by atoms with Crippen LogP contribution in [0.15, 0.2) is 24.3 Å². The normalized spacial score (nSPS) is 26.4. The third-order valence-electron chi connectivity index (χ3n) is 4.99. The van der Waals surface area contributed by atoms with E-state index in [1.54, 1.807) is 0 Å². The molecule has 116 valence electrons. The van der Waals surface area contributed by atoms with Gasteiger partial charge >= 0.3 is 5.97 Å². The van der Waals surface area contributed by atoms with E-state index in [9.17, 15) is 9.90 Å². The third-order valence-corrected chi connectivity index (χ3v) is 4.99. The van der Waals surface area contributed by atoms with Crippen LogP contribution in [-0.2, 0) is 4.79 Å². The SMILES string of the molecule is Cc1ccccc1NC1(C(=O)O)CCC(C(C)(C)C)CC1. The van der Waals surface area contributed by atoms with E-state index in [1.165, 1.54) is 0 Å². The van der Waals surface area contributed by atoms with Crippen molar-refractivity contribution < 1.29 is 9.90 Å². The van der Waals surface area contributed by atoms with Gasteiger partial charge in [0.05, 0.1) is 0 Å². The predicted molar refractivity (Wildman–Crippen MR) is 86.6 cm³/mol. The fourth-order valence-corrected chi connectivity index (χ4v) is 3.34. The number of rotatable bonds is 3. The second-order valence-corrected chi connectivity index (χ2v) is 7.47. The van der Waals surface area contributed by atoms with Crippen LogP contribution in [0.5, 0.6) is 0 Å². The molecule has 0 bridgehead atoms. The molecule has 2 rings (SSSR count).